The molecule has 1 fully saturated rings. The minimum Gasteiger partial charge on any atom is -0.369 e. The molecule has 2 nitrogen and oxygen atoms in total. The predicted octanol–water partition coefficient (Wildman–Crippen LogP) is 5.37. The lowest BCUT2D eigenvalue weighted by molar-refractivity contribution is 0.284. The van der Waals surface area contributed by atoms with Crippen molar-refractivity contribution in [1.29, 1.82) is 0 Å². The Kier molecular flexibility index (Phi) is 5.54. The summed E-state index contributed by atoms with van der Waals surface area (Å²) in [6, 6.07) is 13.2. The summed E-state index contributed by atoms with van der Waals surface area (Å²) in [5, 5.41) is 8.83. The highest BCUT2D eigenvalue weighted by molar-refractivity contribution is 7.08. The second-order valence-corrected chi connectivity index (χ2v) is 8.28. The number of hydrogen-bond acceptors (Lipinski definition) is 4. The van der Waals surface area contributed by atoms with Gasteiger partial charge < -0.3 is 4.90 Å². The fourth-order valence-corrected chi connectivity index (χ4v) is 4.86. The Morgan fingerprint density at radius 3 is 2.15 bits per heavy atom. The van der Waals surface area contributed by atoms with Gasteiger partial charge in [-0.1, -0.05) is 24.3 Å². The van der Waals surface area contributed by atoms with Crippen molar-refractivity contribution in [2.24, 2.45) is 0 Å². The van der Waals surface area contributed by atoms with Crippen LogP contribution in [0.2, 0.25) is 0 Å². The summed E-state index contributed by atoms with van der Waals surface area (Å²) in [6.45, 7) is 7.66. The fraction of sp³-hybridized carbons (Fsp3) is 0.273. The van der Waals surface area contributed by atoms with E-state index in [0.29, 0.717) is 0 Å². The van der Waals surface area contributed by atoms with Gasteiger partial charge in [0, 0.05) is 38.4 Å². The van der Waals surface area contributed by atoms with Crippen molar-refractivity contribution in [3.63, 3.8) is 0 Å². The van der Waals surface area contributed by atoms with Crippen molar-refractivity contribution in [3.05, 3.63) is 80.7 Å². The van der Waals surface area contributed by atoms with Crippen molar-refractivity contribution in [2.45, 2.75) is 6.92 Å². The number of benzene rings is 1. The zero-order chi connectivity index (χ0) is 17.8. The van der Waals surface area contributed by atoms with Crippen LogP contribution in [0.3, 0.4) is 0 Å². The lowest BCUT2D eigenvalue weighted by Crippen LogP contribution is -2.46. The number of rotatable bonds is 5. The average Bonchev–Trinajstić information content (AvgIpc) is 3.38. The van der Waals surface area contributed by atoms with Gasteiger partial charge in [0.2, 0.25) is 0 Å². The molecule has 0 atom stereocenters. The lowest BCUT2D eigenvalue weighted by atomic mass is 10.0. The molecule has 0 unspecified atom stereocenters. The number of anilines is 1. The van der Waals surface area contributed by atoms with Gasteiger partial charge in [-0.2, -0.15) is 22.7 Å². The SMILES string of the molecule is Cc1ccccc1N1CCN(CC=C(c2ccsc2)c2ccsc2)CC1. The third-order valence-corrected chi connectivity index (χ3v) is 6.41. The van der Waals surface area contributed by atoms with Gasteiger partial charge in [-0.3, -0.25) is 4.90 Å². The van der Waals surface area contributed by atoms with Crippen molar-refractivity contribution < 1.29 is 0 Å². The molecule has 1 aliphatic rings. The molecule has 0 saturated carbocycles. The van der Waals surface area contributed by atoms with E-state index in [9.17, 15) is 0 Å². The number of thiophene rings is 2. The van der Waals surface area contributed by atoms with E-state index in [4.69, 9.17) is 0 Å². The molecule has 2 aromatic heterocycles. The summed E-state index contributed by atoms with van der Waals surface area (Å²) >= 11 is 3.54. The minimum absolute atomic E-state index is 1.02. The number of piperazine rings is 1. The van der Waals surface area contributed by atoms with E-state index < -0.39 is 0 Å². The molecule has 0 aliphatic carbocycles. The normalized spacial score (nSPS) is 15.2. The molecular formula is C22H24N2S2. The maximum atomic E-state index is 2.56. The quantitative estimate of drug-likeness (QED) is 0.587. The number of nitrogens with zero attached hydrogens (tertiary/aromatic N) is 2. The predicted molar refractivity (Wildman–Crippen MR) is 116 cm³/mol. The van der Waals surface area contributed by atoms with Crippen LogP contribution < -0.4 is 4.90 Å². The summed E-state index contributed by atoms with van der Waals surface area (Å²) in [6.07, 6.45) is 2.41. The van der Waals surface area contributed by atoms with Gasteiger partial charge in [0.25, 0.3) is 0 Å². The molecular weight excluding hydrogens is 356 g/mol. The van der Waals surface area contributed by atoms with Crippen LogP contribution in [0.1, 0.15) is 16.7 Å². The Labute approximate surface area is 164 Å². The Morgan fingerprint density at radius 1 is 0.923 bits per heavy atom. The van der Waals surface area contributed by atoms with Gasteiger partial charge in [-0.25, -0.2) is 0 Å². The first-order chi connectivity index (χ1) is 12.8. The summed E-state index contributed by atoms with van der Waals surface area (Å²) in [5.41, 5.74) is 6.81. The molecule has 0 bridgehead atoms. The van der Waals surface area contributed by atoms with Crippen molar-refractivity contribution in [1.82, 2.24) is 4.90 Å². The Balaban J connectivity index is 1.42. The van der Waals surface area contributed by atoms with Crippen LogP contribution >= 0.6 is 22.7 Å². The monoisotopic (exact) mass is 380 g/mol. The van der Waals surface area contributed by atoms with E-state index in [-0.39, 0.29) is 0 Å². The topological polar surface area (TPSA) is 6.48 Å². The zero-order valence-corrected chi connectivity index (χ0v) is 16.7. The van der Waals surface area contributed by atoms with Crippen LogP contribution in [0.4, 0.5) is 5.69 Å². The number of aryl methyl sites for hydroxylation is 1. The first-order valence-corrected chi connectivity index (χ1v) is 11.0. The largest absolute Gasteiger partial charge is 0.369 e. The summed E-state index contributed by atoms with van der Waals surface area (Å²) < 4.78 is 0. The van der Waals surface area contributed by atoms with E-state index in [2.05, 4.69) is 80.7 Å². The first-order valence-electron chi connectivity index (χ1n) is 9.09. The van der Waals surface area contributed by atoms with Crippen molar-refractivity contribution in [2.75, 3.05) is 37.6 Å². The summed E-state index contributed by atoms with van der Waals surface area (Å²) in [4.78, 5) is 5.09. The number of hydrogen-bond donors (Lipinski definition) is 0. The number of para-hydroxylation sites is 1. The molecule has 134 valence electrons. The van der Waals surface area contributed by atoms with Gasteiger partial charge in [-0.05, 0) is 68.9 Å². The van der Waals surface area contributed by atoms with Crippen LogP contribution in [0, 0.1) is 6.92 Å². The van der Waals surface area contributed by atoms with Gasteiger partial charge in [0.1, 0.15) is 0 Å². The molecule has 1 aliphatic heterocycles. The Bertz CT molecular complexity index is 806. The Hall–Kier alpha value is -1.88. The van der Waals surface area contributed by atoms with E-state index >= 15 is 0 Å². The average molecular weight is 381 g/mol. The molecule has 4 rings (SSSR count). The van der Waals surface area contributed by atoms with E-state index in [1.54, 1.807) is 22.7 Å². The highest BCUT2D eigenvalue weighted by atomic mass is 32.1. The lowest BCUT2D eigenvalue weighted by Gasteiger charge is -2.36. The van der Waals surface area contributed by atoms with Crippen molar-refractivity contribution in [3.8, 4) is 0 Å². The molecule has 1 saturated heterocycles. The second kappa shape index (κ2) is 8.21. The first kappa shape index (κ1) is 17.5. The van der Waals surface area contributed by atoms with Crippen LogP contribution in [-0.2, 0) is 0 Å². The smallest absolute Gasteiger partial charge is 0.0396 e. The van der Waals surface area contributed by atoms with Crippen LogP contribution in [0.15, 0.2) is 64.0 Å². The van der Waals surface area contributed by atoms with Crippen LogP contribution in [-0.4, -0.2) is 37.6 Å². The molecule has 0 N–H and O–H groups in total. The van der Waals surface area contributed by atoms with E-state index in [1.807, 2.05) is 0 Å². The summed E-state index contributed by atoms with van der Waals surface area (Å²) in [5.74, 6) is 0. The maximum absolute atomic E-state index is 2.56. The Morgan fingerprint density at radius 2 is 1.58 bits per heavy atom. The maximum Gasteiger partial charge on any atom is 0.0396 e. The molecule has 1 aromatic carbocycles. The molecule has 3 heterocycles. The van der Waals surface area contributed by atoms with E-state index in [0.717, 1.165) is 32.7 Å². The zero-order valence-electron chi connectivity index (χ0n) is 15.1. The minimum atomic E-state index is 1.02. The second-order valence-electron chi connectivity index (χ2n) is 6.72. The highest BCUT2D eigenvalue weighted by Gasteiger charge is 2.17. The van der Waals surface area contributed by atoms with Crippen molar-refractivity contribution >= 4 is 33.9 Å². The van der Waals surface area contributed by atoms with Gasteiger partial charge in [0.05, 0.1) is 0 Å². The van der Waals surface area contributed by atoms with E-state index in [1.165, 1.54) is 28.0 Å². The molecule has 0 radical (unpaired) electrons. The third kappa shape index (κ3) is 3.93. The molecule has 0 amide bonds. The molecule has 26 heavy (non-hydrogen) atoms. The highest BCUT2D eigenvalue weighted by Crippen LogP contribution is 2.27. The van der Waals surface area contributed by atoms with Crippen LogP contribution in [0.5, 0.6) is 0 Å². The third-order valence-electron chi connectivity index (χ3n) is 5.05. The van der Waals surface area contributed by atoms with Gasteiger partial charge in [-0.15, -0.1) is 0 Å². The van der Waals surface area contributed by atoms with Gasteiger partial charge >= 0.3 is 0 Å². The standard InChI is InChI=1S/C22H24N2S2/c1-18-4-2-3-5-22(18)24-12-10-23(11-13-24)9-6-21(19-7-14-25-16-19)20-8-15-26-17-20/h2-8,14-17H,9-13H2,1H3. The summed E-state index contributed by atoms with van der Waals surface area (Å²) in [7, 11) is 0. The molecule has 4 heteroatoms. The van der Waals surface area contributed by atoms with Crippen LogP contribution in [0.25, 0.3) is 5.57 Å². The molecule has 0 spiro atoms. The van der Waals surface area contributed by atoms with Gasteiger partial charge in [0.15, 0.2) is 0 Å². The molecule has 3 aromatic rings. The fourth-order valence-electron chi connectivity index (χ4n) is 3.55.